The molecule has 0 heterocycles. The molecule has 84 valence electrons. The van der Waals surface area contributed by atoms with Crippen molar-refractivity contribution in [3.63, 3.8) is 0 Å². The van der Waals surface area contributed by atoms with Crippen molar-refractivity contribution < 1.29 is 9.47 Å². The lowest BCUT2D eigenvalue weighted by Gasteiger charge is -2.14. The molecule has 0 aliphatic carbocycles. The highest BCUT2D eigenvalue weighted by Gasteiger charge is 2.09. The third kappa shape index (κ3) is 3.67. The zero-order valence-corrected chi connectivity index (χ0v) is 11.1. The van der Waals surface area contributed by atoms with Crippen LogP contribution < -0.4 is 4.74 Å². The maximum atomic E-state index is 6.05. The molecule has 4 heteroatoms. The van der Waals surface area contributed by atoms with Crippen LogP contribution in [0.4, 0.5) is 0 Å². The average molecular weight is 294 g/mol. The van der Waals surface area contributed by atoms with Crippen LogP contribution in [0.25, 0.3) is 0 Å². The Balaban J connectivity index is 2.74. The summed E-state index contributed by atoms with van der Waals surface area (Å²) >= 11 is 9.44. The Labute approximate surface area is 104 Å². The second-order valence-electron chi connectivity index (χ2n) is 3.22. The number of hydrogen-bond acceptors (Lipinski definition) is 2. The van der Waals surface area contributed by atoms with Crippen molar-refractivity contribution in [1.29, 1.82) is 0 Å². The summed E-state index contributed by atoms with van der Waals surface area (Å²) in [6, 6.07) is 5.71. The van der Waals surface area contributed by atoms with Gasteiger partial charge in [-0.25, -0.2) is 0 Å². The first kappa shape index (κ1) is 12.8. The van der Waals surface area contributed by atoms with E-state index >= 15 is 0 Å². The number of rotatable bonds is 5. The molecule has 0 amide bonds. The second-order valence-corrected chi connectivity index (χ2v) is 4.19. The number of methoxy groups -OCH3 is 1. The van der Waals surface area contributed by atoms with Crippen molar-refractivity contribution >= 4 is 27.5 Å². The Hall–Kier alpha value is -0.250. The molecule has 0 aromatic heterocycles. The lowest BCUT2D eigenvalue weighted by atomic mass is 10.2. The minimum absolute atomic E-state index is 0.0597. The molecule has 1 unspecified atom stereocenters. The van der Waals surface area contributed by atoms with Gasteiger partial charge in [0.05, 0.1) is 11.1 Å². The summed E-state index contributed by atoms with van der Waals surface area (Å²) in [4.78, 5) is 0. The first-order valence-electron chi connectivity index (χ1n) is 4.68. The van der Waals surface area contributed by atoms with Crippen LogP contribution in [0.1, 0.15) is 12.5 Å². The molecule has 1 atom stereocenters. The summed E-state index contributed by atoms with van der Waals surface area (Å²) in [5, 5.41) is 1.36. The number of ether oxygens (including phenoxy) is 2. The lowest BCUT2D eigenvalue weighted by Crippen LogP contribution is -2.16. The van der Waals surface area contributed by atoms with E-state index in [2.05, 4.69) is 15.9 Å². The SMILES string of the molecule is COC(C)COc1c(Cl)cccc1CBr. The highest BCUT2D eigenvalue weighted by Crippen LogP contribution is 2.30. The Morgan fingerprint density at radius 2 is 2.20 bits per heavy atom. The van der Waals surface area contributed by atoms with Gasteiger partial charge in [0.25, 0.3) is 0 Å². The number of halogens is 2. The van der Waals surface area contributed by atoms with Crippen LogP contribution >= 0.6 is 27.5 Å². The van der Waals surface area contributed by atoms with Crippen molar-refractivity contribution in [2.45, 2.75) is 18.4 Å². The Morgan fingerprint density at radius 3 is 2.80 bits per heavy atom. The van der Waals surface area contributed by atoms with Crippen molar-refractivity contribution in [3.8, 4) is 5.75 Å². The fourth-order valence-corrected chi connectivity index (χ4v) is 1.78. The predicted octanol–water partition coefficient (Wildman–Crippen LogP) is 3.65. The predicted molar refractivity (Wildman–Crippen MR) is 66.0 cm³/mol. The Morgan fingerprint density at radius 1 is 1.47 bits per heavy atom. The van der Waals surface area contributed by atoms with Gasteiger partial charge in [-0.15, -0.1) is 0 Å². The largest absolute Gasteiger partial charge is 0.489 e. The van der Waals surface area contributed by atoms with E-state index in [0.29, 0.717) is 11.6 Å². The van der Waals surface area contributed by atoms with Crippen LogP contribution in [0.2, 0.25) is 5.02 Å². The smallest absolute Gasteiger partial charge is 0.142 e. The molecule has 0 fully saturated rings. The quantitative estimate of drug-likeness (QED) is 0.772. The van der Waals surface area contributed by atoms with E-state index in [4.69, 9.17) is 21.1 Å². The van der Waals surface area contributed by atoms with E-state index in [9.17, 15) is 0 Å². The first-order chi connectivity index (χ1) is 7.19. The molecular weight excluding hydrogens is 279 g/mol. The monoisotopic (exact) mass is 292 g/mol. The molecule has 0 spiro atoms. The number of para-hydroxylation sites is 1. The minimum atomic E-state index is 0.0597. The van der Waals surface area contributed by atoms with Crippen molar-refractivity contribution in [2.24, 2.45) is 0 Å². The minimum Gasteiger partial charge on any atom is -0.489 e. The summed E-state index contributed by atoms with van der Waals surface area (Å²) in [6.45, 7) is 2.45. The second kappa shape index (κ2) is 6.36. The van der Waals surface area contributed by atoms with Gasteiger partial charge in [-0.3, -0.25) is 0 Å². The maximum Gasteiger partial charge on any atom is 0.142 e. The van der Waals surface area contributed by atoms with Gasteiger partial charge in [-0.1, -0.05) is 39.7 Å². The zero-order valence-electron chi connectivity index (χ0n) is 8.80. The van der Waals surface area contributed by atoms with Crippen LogP contribution in [-0.4, -0.2) is 19.8 Å². The van der Waals surface area contributed by atoms with Crippen LogP contribution in [0.3, 0.4) is 0 Å². The first-order valence-corrected chi connectivity index (χ1v) is 6.18. The molecular formula is C11H14BrClO2. The molecule has 1 rings (SSSR count). The molecule has 0 saturated carbocycles. The van der Waals surface area contributed by atoms with Crippen LogP contribution in [-0.2, 0) is 10.1 Å². The van der Waals surface area contributed by atoms with Gasteiger partial charge in [-0.2, -0.15) is 0 Å². The molecule has 2 nitrogen and oxygen atoms in total. The summed E-state index contributed by atoms with van der Waals surface area (Å²) < 4.78 is 10.7. The van der Waals surface area contributed by atoms with Gasteiger partial charge in [0.2, 0.25) is 0 Å². The van der Waals surface area contributed by atoms with Gasteiger partial charge < -0.3 is 9.47 Å². The standard InChI is InChI=1S/C11H14BrClO2/c1-8(14-2)7-15-11-9(6-12)4-3-5-10(11)13/h3-5,8H,6-7H2,1-2H3. The fourth-order valence-electron chi connectivity index (χ4n) is 1.09. The van der Waals surface area contributed by atoms with Gasteiger partial charge in [0.1, 0.15) is 12.4 Å². The Kier molecular flexibility index (Phi) is 5.43. The van der Waals surface area contributed by atoms with Gasteiger partial charge >= 0.3 is 0 Å². The van der Waals surface area contributed by atoms with Gasteiger partial charge in [0, 0.05) is 18.0 Å². The van der Waals surface area contributed by atoms with E-state index in [1.54, 1.807) is 7.11 Å². The van der Waals surface area contributed by atoms with Gasteiger partial charge in [0.15, 0.2) is 0 Å². The topological polar surface area (TPSA) is 18.5 Å². The van der Waals surface area contributed by atoms with Crippen LogP contribution in [0.15, 0.2) is 18.2 Å². The molecule has 0 aliphatic rings. The molecule has 1 aromatic carbocycles. The van der Waals surface area contributed by atoms with Gasteiger partial charge in [-0.05, 0) is 13.0 Å². The Bertz CT molecular complexity index is 317. The number of hydrogen-bond donors (Lipinski definition) is 0. The van der Waals surface area contributed by atoms with Crippen molar-refractivity contribution in [3.05, 3.63) is 28.8 Å². The summed E-state index contributed by atoms with van der Waals surface area (Å²) in [5.74, 6) is 0.736. The van der Waals surface area contributed by atoms with Crippen molar-refractivity contribution in [2.75, 3.05) is 13.7 Å². The summed E-state index contributed by atoms with van der Waals surface area (Å²) in [7, 11) is 1.66. The van der Waals surface area contributed by atoms with Crippen molar-refractivity contribution in [1.82, 2.24) is 0 Å². The summed E-state index contributed by atoms with van der Waals surface area (Å²) in [5.41, 5.74) is 1.05. The molecule has 0 N–H and O–H groups in total. The van der Waals surface area contributed by atoms with E-state index in [1.807, 2.05) is 25.1 Å². The third-order valence-corrected chi connectivity index (χ3v) is 2.96. The third-order valence-electron chi connectivity index (χ3n) is 2.06. The van der Waals surface area contributed by atoms with E-state index in [0.717, 1.165) is 16.6 Å². The van der Waals surface area contributed by atoms with E-state index in [-0.39, 0.29) is 6.10 Å². The molecule has 15 heavy (non-hydrogen) atoms. The maximum absolute atomic E-state index is 6.05. The molecule has 0 aliphatic heterocycles. The highest BCUT2D eigenvalue weighted by atomic mass is 79.9. The van der Waals surface area contributed by atoms with Crippen LogP contribution in [0.5, 0.6) is 5.75 Å². The zero-order chi connectivity index (χ0) is 11.3. The lowest BCUT2D eigenvalue weighted by molar-refractivity contribution is 0.0714. The highest BCUT2D eigenvalue weighted by molar-refractivity contribution is 9.08. The normalized spacial score (nSPS) is 12.5. The molecule has 0 bridgehead atoms. The van der Waals surface area contributed by atoms with Crippen LogP contribution in [0, 0.1) is 0 Å². The molecule has 0 radical (unpaired) electrons. The average Bonchev–Trinajstić information content (AvgIpc) is 2.26. The summed E-state index contributed by atoms with van der Waals surface area (Å²) in [6.07, 6.45) is 0.0597. The molecule has 1 aromatic rings. The van der Waals surface area contributed by atoms with E-state index < -0.39 is 0 Å². The fraction of sp³-hybridized carbons (Fsp3) is 0.455. The van der Waals surface area contributed by atoms with E-state index in [1.165, 1.54) is 0 Å². The number of alkyl halides is 1. The molecule has 0 saturated heterocycles. The number of benzene rings is 1.